The lowest BCUT2D eigenvalue weighted by molar-refractivity contribution is 0.00638. The summed E-state index contributed by atoms with van der Waals surface area (Å²) in [5.41, 5.74) is 1.47. The first-order valence-corrected chi connectivity index (χ1v) is 12.3. The highest BCUT2D eigenvalue weighted by Crippen LogP contribution is 2.26. The Morgan fingerprint density at radius 1 is 1.27 bits per heavy atom. The number of likely N-dealkylation sites (tertiary alicyclic amines) is 1. The van der Waals surface area contributed by atoms with Crippen LogP contribution in [0.4, 0.5) is 5.13 Å². The van der Waals surface area contributed by atoms with Crippen molar-refractivity contribution in [2.45, 2.75) is 25.0 Å². The lowest BCUT2D eigenvalue weighted by atomic mass is 10.0. The van der Waals surface area contributed by atoms with E-state index in [1.165, 1.54) is 4.70 Å². The number of nitrogens with zero attached hydrogens (tertiary/aromatic N) is 2. The maximum atomic E-state index is 12.9. The van der Waals surface area contributed by atoms with E-state index in [0.717, 1.165) is 49.7 Å². The summed E-state index contributed by atoms with van der Waals surface area (Å²) < 4.78 is 12.2. The van der Waals surface area contributed by atoms with Crippen molar-refractivity contribution in [3.05, 3.63) is 53.1 Å². The van der Waals surface area contributed by atoms with Gasteiger partial charge in [0.1, 0.15) is 5.75 Å². The van der Waals surface area contributed by atoms with E-state index in [1.54, 1.807) is 43.8 Å². The highest BCUT2D eigenvalue weighted by molar-refractivity contribution is 7.22. The number of piperidine rings is 1. The molecule has 2 N–H and O–H groups in total. The Bertz CT molecular complexity index is 1060. The van der Waals surface area contributed by atoms with Gasteiger partial charge in [-0.3, -0.25) is 4.79 Å². The Labute approximate surface area is 203 Å². The first kappa shape index (κ1) is 23.8. The van der Waals surface area contributed by atoms with Crippen molar-refractivity contribution < 1.29 is 14.3 Å². The Morgan fingerprint density at radius 3 is 2.91 bits per heavy atom. The van der Waals surface area contributed by atoms with Crippen LogP contribution in [-0.4, -0.2) is 68.3 Å². The lowest BCUT2D eigenvalue weighted by Crippen LogP contribution is -2.55. The zero-order chi connectivity index (χ0) is 23.2. The van der Waals surface area contributed by atoms with E-state index in [2.05, 4.69) is 26.6 Å². The second-order valence-corrected chi connectivity index (χ2v) is 9.52. The molecule has 0 saturated carbocycles. The molecule has 1 fully saturated rings. The van der Waals surface area contributed by atoms with Crippen LogP contribution in [0.1, 0.15) is 23.2 Å². The zero-order valence-electron chi connectivity index (χ0n) is 18.8. The molecule has 1 aromatic heterocycles. The molecule has 1 aliphatic heterocycles. The molecule has 4 rings (SSSR count). The molecule has 2 aromatic carbocycles. The maximum Gasteiger partial charge on any atom is 0.255 e. The van der Waals surface area contributed by atoms with E-state index in [9.17, 15) is 4.79 Å². The highest BCUT2D eigenvalue weighted by atomic mass is 35.5. The molecule has 0 bridgehead atoms. The number of fused-ring (bicyclic) bond motifs is 1. The number of carbonyl (C=O) groups is 1. The van der Waals surface area contributed by atoms with E-state index in [1.807, 2.05) is 18.2 Å². The number of nitrogens with one attached hydrogen (secondary N) is 2. The maximum absolute atomic E-state index is 12.9. The third-order valence-corrected chi connectivity index (χ3v) is 7.12. The Balaban J connectivity index is 1.25. The monoisotopic (exact) mass is 488 g/mol. The van der Waals surface area contributed by atoms with Crippen LogP contribution >= 0.6 is 22.9 Å². The van der Waals surface area contributed by atoms with Crippen LogP contribution in [0.2, 0.25) is 5.02 Å². The number of benzene rings is 2. The van der Waals surface area contributed by atoms with Crippen LogP contribution in [0.25, 0.3) is 10.2 Å². The molecule has 176 valence electrons. The molecule has 0 radical (unpaired) electrons. The highest BCUT2D eigenvalue weighted by Gasteiger charge is 2.31. The van der Waals surface area contributed by atoms with Crippen LogP contribution in [0.15, 0.2) is 42.5 Å². The van der Waals surface area contributed by atoms with Gasteiger partial charge < -0.3 is 25.0 Å². The van der Waals surface area contributed by atoms with Crippen molar-refractivity contribution in [2.75, 3.05) is 45.7 Å². The van der Waals surface area contributed by atoms with Crippen LogP contribution in [0, 0.1) is 0 Å². The van der Waals surface area contributed by atoms with E-state index in [-0.39, 0.29) is 18.1 Å². The van der Waals surface area contributed by atoms with Gasteiger partial charge in [0.2, 0.25) is 0 Å². The summed E-state index contributed by atoms with van der Waals surface area (Å²) in [6, 6.07) is 13.1. The number of carbonyl (C=O) groups excluding carboxylic acids is 1. The fourth-order valence-electron chi connectivity index (χ4n) is 4.14. The Hall–Kier alpha value is -2.39. The Kier molecular flexibility index (Phi) is 8.03. The van der Waals surface area contributed by atoms with E-state index in [4.69, 9.17) is 21.1 Å². The first-order chi connectivity index (χ1) is 16.1. The molecule has 0 spiro atoms. The third kappa shape index (κ3) is 5.95. The second kappa shape index (κ2) is 11.2. The molecule has 2 heterocycles. The van der Waals surface area contributed by atoms with Crippen molar-refractivity contribution in [3.8, 4) is 5.75 Å². The molecule has 2 unspecified atom stereocenters. The van der Waals surface area contributed by atoms with E-state index >= 15 is 0 Å². The van der Waals surface area contributed by atoms with E-state index in [0.29, 0.717) is 16.3 Å². The van der Waals surface area contributed by atoms with Gasteiger partial charge in [0.25, 0.3) is 5.91 Å². The van der Waals surface area contributed by atoms with Crippen molar-refractivity contribution in [1.82, 2.24) is 15.2 Å². The fraction of sp³-hybridized carbons (Fsp3) is 0.417. The number of methoxy groups -OCH3 is 2. The van der Waals surface area contributed by atoms with Gasteiger partial charge in [-0.1, -0.05) is 35.1 Å². The summed E-state index contributed by atoms with van der Waals surface area (Å²) in [4.78, 5) is 19.9. The molecule has 33 heavy (non-hydrogen) atoms. The number of hydrogen-bond donors (Lipinski definition) is 2. The number of anilines is 1. The largest absolute Gasteiger partial charge is 0.496 e. The topological polar surface area (TPSA) is 75.7 Å². The SMILES string of the molecule is COc1ccc(Cl)cc1C(=O)NC1CCN(CCCNc2nc3ccccc3s2)CC1OC. The van der Waals surface area contributed by atoms with Crippen molar-refractivity contribution >= 4 is 44.2 Å². The molecule has 2 atom stereocenters. The molecular weight excluding hydrogens is 460 g/mol. The summed E-state index contributed by atoms with van der Waals surface area (Å²) >= 11 is 7.76. The van der Waals surface area contributed by atoms with Gasteiger partial charge in [0.05, 0.1) is 35.0 Å². The number of thiazole rings is 1. The number of aromatic nitrogens is 1. The average Bonchev–Trinajstić information content (AvgIpc) is 3.25. The minimum atomic E-state index is -0.199. The van der Waals surface area contributed by atoms with Gasteiger partial charge in [-0.2, -0.15) is 0 Å². The molecule has 7 nitrogen and oxygen atoms in total. The van der Waals surface area contributed by atoms with E-state index < -0.39 is 0 Å². The number of amides is 1. The van der Waals surface area contributed by atoms with Crippen LogP contribution in [-0.2, 0) is 4.74 Å². The minimum Gasteiger partial charge on any atom is -0.496 e. The summed E-state index contributed by atoms with van der Waals surface area (Å²) in [5.74, 6) is 0.304. The van der Waals surface area contributed by atoms with Gasteiger partial charge in [0.15, 0.2) is 5.13 Å². The van der Waals surface area contributed by atoms with Gasteiger partial charge >= 0.3 is 0 Å². The first-order valence-electron chi connectivity index (χ1n) is 11.1. The number of rotatable bonds is 9. The zero-order valence-corrected chi connectivity index (χ0v) is 20.4. The predicted molar refractivity (Wildman–Crippen MR) is 134 cm³/mol. The second-order valence-electron chi connectivity index (χ2n) is 8.06. The van der Waals surface area contributed by atoms with Crippen molar-refractivity contribution in [1.29, 1.82) is 0 Å². The fourth-order valence-corrected chi connectivity index (χ4v) is 5.20. The molecule has 0 aliphatic carbocycles. The summed E-state index contributed by atoms with van der Waals surface area (Å²) in [5, 5.41) is 8.01. The normalized spacial score (nSPS) is 18.9. The molecular formula is C24H29ClN4O3S. The molecule has 1 saturated heterocycles. The number of hydrogen-bond acceptors (Lipinski definition) is 7. The van der Waals surface area contributed by atoms with Crippen molar-refractivity contribution in [3.63, 3.8) is 0 Å². The number of para-hydroxylation sites is 1. The number of halogens is 1. The van der Waals surface area contributed by atoms with Crippen LogP contribution in [0.5, 0.6) is 5.75 Å². The summed E-state index contributed by atoms with van der Waals surface area (Å²) in [6.07, 6.45) is 1.74. The summed E-state index contributed by atoms with van der Waals surface area (Å²) in [7, 11) is 3.24. The van der Waals surface area contributed by atoms with Gasteiger partial charge in [-0.15, -0.1) is 0 Å². The van der Waals surface area contributed by atoms with Crippen LogP contribution < -0.4 is 15.4 Å². The molecule has 9 heteroatoms. The molecule has 3 aromatic rings. The summed E-state index contributed by atoms with van der Waals surface area (Å²) in [6.45, 7) is 3.50. The standard InChI is InChI=1S/C24H29ClN4O3S/c1-31-20-9-8-16(25)14-17(20)23(30)27-18-10-13-29(15-21(18)32-2)12-5-11-26-24-28-19-6-3-4-7-22(19)33-24/h3-4,6-9,14,18,21H,5,10-13,15H2,1-2H3,(H,26,28)(H,27,30). The molecule has 1 aliphatic rings. The predicted octanol–water partition coefficient (Wildman–Crippen LogP) is 4.28. The van der Waals surface area contributed by atoms with Gasteiger partial charge in [-0.05, 0) is 49.7 Å². The Morgan fingerprint density at radius 2 is 2.12 bits per heavy atom. The van der Waals surface area contributed by atoms with Gasteiger partial charge in [-0.25, -0.2) is 4.98 Å². The molecule has 1 amide bonds. The van der Waals surface area contributed by atoms with Crippen molar-refractivity contribution in [2.24, 2.45) is 0 Å². The average molecular weight is 489 g/mol. The smallest absolute Gasteiger partial charge is 0.255 e. The third-order valence-electron chi connectivity index (χ3n) is 5.89. The van der Waals surface area contributed by atoms with Gasteiger partial charge in [0, 0.05) is 31.8 Å². The lowest BCUT2D eigenvalue weighted by Gasteiger charge is -2.38. The van der Waals surface area contributed by atoms with Crippen LogP contribution in [0.3, 0.4) is 0 Å². The quantitative estimate of drug-likeness (QED) is 0.438. The minimum absolute atomic E-state index is 0.0664. The number of ether oxygens (including phenoxy) is 2.